The summed E-state index contributed by atoms with van der Waals surface area (Å²) < 4.78 is 5.84. The highest BCUT2D eigenvalue weighted by atomic mass is 16.5. The maximum atomic E-state index is 10.6. The number of hydrogen-bond acceptors (Lipinski definition) is 2. The van der Waals surface area contributed by atoms with Crippen LogP contribution in [0.25, 0.3) is 0 Å². The van der Waals surface area contributed by atoms with Gasteiger partial charge in [0.1, 0.15) is 5.75 Å². The molecule has 0 saturated carbocycles. The quantitative estimate of drug-likeness (QED) is 0.840. The van der Waals surface area contributed by atoms with Crippen molar-refractivity contribution in [3.05, 3.63) is 28.8 Å². The fourth-order valence-electron chi connectivity index (χ4n) is 2.06. The number of benzene rings is 1. The lowest BCUT2D eigenvalue weighted by atomic mass is 10.0. The van der Waals surface area contributed by atoms with Crippen LogP contribution in [0.3, 0.4) is 0 Å². The van der Waals surface area contributed by atoms with Crippen LogP contribution in [0.4, 0.5) is 0 Å². The third-order valence-electron chi connectivity index (χ3n) is 2.69. The Kier molecular flexibility index (Phi) is 5.20. The minimum absolute atomic E-state index is 0.129. The van der Waals surface area contributed by atoms with Gasteiger partial charge in [-0.1, -0.05) is 17.7 Å². The Hall–Kier alpha value is -1.51. The van der Waals surface area contributed by atoms with E-state index in [1.54, 1.807) is 0 Å². The van der Waals surface area contributed by atoms with Gasteiger partial charge in [-0.3, -0.25) is 4.79 Å². The van der Waals surface area contributed by atoms with Crippen LogP contribution in [-0.2, 0) is 11.2 Å². The number of carbonyl (C=O) groups is 1. The van der Waals surface area contributed by atoms with Gasteiger partial charge in [0.2, 0.25) is 0 Å². The molecule has 100 valence electrons. The van der Waals surface area contributed by atoms with Gasteiger partial charge in [0.15, 0.2) is 0 Å². The van der Waals surface area contributed by atoms with E-state index in [1.165, 1.54) is 5.56 Å². The third-order valence-corrected chi connectivity index (χ3v) is 2.69. The molecule has 0 amide bonds. The predicted octanol–water partition coefficient (Wildman–Crippen LogP) is 3.50. The maximum Gasteiger partial charge on any atom is 0.303 e. The number of ether oxygens (including phenoxy) is 1. The van der Waals surface area contributed by atoms with Crippen molar-refractivity contribution in [2.45, 2.75) is 53.1 Å². The summed E-state index contributed by atoms with van der Waals surface area (Å²) in [5.41, 5.74) is 3.42. The molecule has 0 heterocycles. The van der Waals surface area contributed by atoms with Crippen molar-refractivity contribution in [3.8, 4) is 5.75 Å². The van der Waals surface area contributed by atoms with Crippen molar-refractivity contribution < 1.29 is 14.6 Å². The summed E-state index contributed by atoms with van der Waals surface area (Å²) in [6.45, 7) is 8.08. The molecule has 3 nitrogen and oxygen atoms in total. The van der Waals surface area contributed by atoms with Crippen molar-refractivity contribution in [1.82, 2.24) is 0 Å². The molecule has 1 rings (SSSR count). The van der Waals surface area contributed by atoms with E-state index in [0.717, 1.165) is 23.3 Å². The Morgan fingerprint density at radius 1 is 1.33 bits per heavy atom. The van der Waals surface area contributed by atoms with E-state index in [4.69, 9.17) is 9.84 Å². The second-order valence-corrected chi connectivity index (χ2v) is 4.98. The van der Waals surface area contributed by atoms with E-state index in [1.807, 2.05) is 27.7 Å². The number of carboxylic acid groups (broad SMARTS) is 1. The van der Waals surface area contributed by atoms with Gasteiger partial charge in [0.25, 0.3) is 0 Å². The molecule has 0 spiro atoms. The molecule has 0 radical (unpaired) electrons. The average molecular weight is 250 g/mol. The zero-order chi connectivity index (χ0) is 13.7. The molecule has 1 aromatic carbocycles. The molecule has 3 heteroatoms. The molecular formula is C15H22O3. The minimum Gasteiger partial charge on any atom is -0.490 e. The highest BCUT2D eigenvalue weighted by Crippen LogP contribution is 2.27. The molecule has 0 saturated heterocycles. The summed E-state index contributed by atoms with van der Waals surface area (Å²) in [5.74, 6) is 0.173. The van der Waals surface area contributed by atoms with Crippen molar-refractivity contribution in [1.29, 1.82) is 0 Å². The summed E-state index contributed by atoms with van der Waals surface area (Å²) in [4.78, 5) is 10.6. The van der Waals surface area contributed by atoms with E-state index in [9.17, 15) is 4.79 Å². The summed E-state index contributed by atoms with van der Waals surface area (Å²) >= 11 is 0. The number of hydrogen-bond donors (Lipinski definition) is 1. The maximum absolute atomic E-state index is 10.6. The Bertz CT molecular complexity index is 422. The van der Waals surface area contributed by atoms with Gasteiger partial charge in [-0.15, -0.1) is 0 Å². The van der Waals surface area contributed by atoms with Crippen LogP contribution in [0.15, 0.2) is 12.1 Å². The first-order valence-corrected chi connectivity index (χ1v) is 6.38. The Morgan fingerprint density at radius 3 is 2.56 bits per heavy atom. The van der Waals surface area contributed by atoms with Crippen molar-refractivity contribution >= 4 is 5.97 Å². The van der Waals surface area contributed by atoms with E-state index in [2.05, 4.69) is 12.1 Å². The first-order chi connectivity index (χ1) is 8.40. The summed E-state index contributed by atoms with van der Waals surface area (Å²) in [6.07, 6.45) is 1.72. The smallest absolute Gasteiger partial charge is 0.303 e. The first kappa shape index (κ1) is 14.6. The number of aryl methyl sites for hydroxylation is 3. The van der Waals surface area contributed by atoms with Gasteiger partial charge >= 0.3 is 5.97 Å². The SMILES string of the molecule is Cc1cc(C)c(OC(C)C)c(CCCC(=O)O)c1. The van der Waals surface area contributed by atoms with Crippen LogP contribution in [0.2, 0.25) is 0 Å². The van der Waals surface area contributed by atoms with Crippen LogP contribution in [0.1, 0.15) is 43.4 Å². The van der Waals surface area contributed by atoms with E-state index in [0.29, 0.717) is 6.42 Å². The van der Waals surface area contributed by atoms with Crippen molar-refractivity contribution in [2.24, 2.45) is 0 Å². The Balaban J connectivity index is 2.88. The summed E-state index contributed by atoms with van der Waals surface area (Å²) in [6, 6.07) is 4.19. The molecule has 18 heavy (non-hydrogen) atoms. The van der Waals surface area contributed by atoms with E-state index in [-0.39, 0.29) is 12.5 Å². The van der Waals surface area contributed by atoms with Crippen LogP contribution >= 0.6 is 0 Å². The lowest BCUT2D eigenvalue weighted by molar-refractivity contribution is -0.137. The van der Waals surface area contributed by atoms with Crippen molar-refractivity contribution in [2.75, 3.05) is 0 Å². The van der Waals surface area contributed by atoms with Gasteiger partial charge in [-0.25, -0.2) is 0 Å². The molecule has 0 unspecified atom stereocenters. The second kappa shape index (κ2) is 6.43. The molecule has 0 aliphatic heterocycles. The first-order valence-electron chi connectivity index (χ1n) is 6.38. The van der Waals surface area contributed by atoms with Gasteiger partial charge in [-0.2, -0.15) is 0 Å². The highest BCUT2D eigenvalue weighted by Gasteiger charge is 2.10. The molecule has 1 N–H and O–H groups in total. The fraction of sp³-hybridized carbons (Fsp3) is 0.533. The van der Waals surface area contributed by atoms with Gasteiger partial charge in [-0.05, 0) is 51.7 Å². The largest absolute Gasteiger partial charge is 0.490 e. The van der Waals surface area contributed by atoms with Crippen LogP contribution in [0, 0.1) is 13.8 Å². The topological polar surface area (TPSA) is 46.5 Å². The Labute approximate surface area is 109 Å². The van der Waals surface area contributed by atoms with Crippen LogP contribution < -0.4 is 4.74 Å². The lowest BCUT2D eigenvalue weighted by Crippen LogP contribution is -2.09. The molecule has 0 bridgehead atoms. The van der Waals surface area contributed by atoms with Gasteiger partial charge < -0.3 is 9.84 Å². The average Bonchev–Trinajstić information content (AvgIpc) is 2.22. The standard InChI is InChI=1S/C15H22O3/c1-10(2)18-15-12(4)8-11(3)9-13(15)6-5-7-14(16)17/h8-10H,5-7H2,1-4H3,(H,16,17). The Morgan fingerprint density at radius 2 is 2.00 bits per heavy atom. The normalized spacial score (nSPS) is 10.7. The molecule has 0 aromatic heterocycles. The lowest BCUT2D eigenvalue weighted by Gasteiger charge is -2.17. The summed E-state index contributed by atoms with van der Waals surface area (Å²) in [7, 11) is 0. The van der Waals surface area contributed by atoms with Crippen LogP contribution in [-0.4, -0.2) is 17.2 Å². The number of rotatable bonds is 6. The van der Waals surface area contributed by atoms with Gasteiger partial charge in [0.05, 0.1) is 6.10 Å². The molecule has 1 aromatic rings. The minimum atomic E-state index is -0.745. The zero-order valence-electron chi connectivity index (χ0n) is 11.6. The molecule has 0 aliphatic carbocycles. The zero-order valence-corrected chi connectivity index (χ0v) is 11.6. The molecule has 0 atom stereocenters. The highest BCUT2D eigenvalue weighted by molar-refractivity contribution is 5.66. The predicted molar refractivity (Wildman–Crippen MR) is 72.3 cm³/mol. The van der Waals surface area contributed by atoms with Crippen LogP contribution in [0.5, 0.6) is 5.75 Å². The second-order valence-electron chi connectivity index (χ2n) is 4.98. The fourth-order valence-corrected chi connectivity index (χ4v) is 2.06. The monoisotopic (exact) mass is 250 g/mol. The van der Waals surface area contributed by atoms with E-state index >= 15 is 0 Å². The summed E-state index contributed by atoms with van der Waals surface area (Å²) in [5, 5.41) is 8.68. The van der Waals surface area contributed by atoms with E-state index < -0.39 is 5.97 Å². The number of carboxylic acids is 1. The number of aliphatic carboxylic acids is 1. The molecule has 0 aliphatic rings. The van der Waals surface area contributed by atoms with Crippen molar-refractivity contribution in [3.63, 3.8) is 0 Å². The molecular weight excluding hydrogens is 228 g/mol. The molecule has 0 fully saturated rings. The third kappa shape index (κ3) is 4.40. The van der Waals surface area contributed by atoms with Gasteiger partial charge in [0, 0.05) is 6.42 Å².